The summed E-state index contributed by atoms with van der Waals surface area (Å²) in [5.74, 6) is 1.37. The molecule has 26 heavy (non-hydrogen) atoms. The number of carbonyl (C=O) groups is 1. The first-order chi connectivity index (χ1) is 12.6. The number of aryl methyl sites for hydroxylation is 2. The van der Waals surface area contributed by atoms with Crippen molar-refractivity contribution in [2.75, 3.05) is 5.32 Å². The summed E-state index contributed by atoms with van der Waals surface area (Å²) in [5, 5.41) is 12.8. The van der Waals surface area contributed by atoms with E-state index in [1.165, 1.54) is 5.56 Å². The SMILES string of the molecule is Cc1nc(-c2cccc(NC(=O)NC(C)CCc3ccccc3)c2)n[nH]1. The molecule has 3 N–H and O–H groups in total. The predicted octanol–water partition coefficient (Wildman–Crippen LogP) is 3.92. The van der Waals surface area contributed by atoms with Gasteiger partial charge < -0.3 is 10.6 Å². The molecule has 6 heteroatoms. The van der Waals surface area contributed by atoms with Gasteiger partial charge in [0.25, 0.3) is 0 Å². The molecule has 0 saturated carbocycles. The topological polar surface area (TPSA) is 82.7 Å². The highest BCUT2D eigenvalue weighted by Crippen LogP contribution is 2.19. The van der Waals surface area contributed by atoms with Crippen molar-refractivity contribution < 1.29 is 4.79 Å². The second-order valence-electron chi connectivity index (χ2n) is 6.35. The Hall–Kier alpha value is -3.15. The lowest BCUT2D eigenvalue weighted by Crippen LogP contribution is -2.36. The van der Waals surface area contributed by atoms with Gasteiger partial charge in [-0.2, -0.15) is 5.10 Å². The molecule has 3 rings (SSSR count). The maximum absolute atomic E-state index is 12.2. The van der Waals surface area contributed by atoms with E-state index in [0.29, 0.717) is 11.5 Å². The van der Waals surface area contributed by atoms with Crippen molar-refractivity contribution in [2.24, 2.45) is 0 Å². The van der Waals surface area contributed by atoms with Crippen molar-refractivity contribution in [3.63, 3.8) is 0 Å². The molecule has 0 aliphatic carbocycles. The van der Waals surface area contributed by atoms with Gasteiger partial charge in [0, 0.05) is 17.3 Å². The molecule has 3 aromatic rings. The summed E-state index contributed by atoms with van der Waals surface area (Å²) in [5.41, 5.74) is 2.83. The zero-order chi connectivity index (χ0) is 18.4. The smallest absolute Gasteiger partial charge is 0.319 e. The number of anilines is 1. The van der Waals surface area contributed by atoms with E-state index >= 15 is 0 Å². The fourth-order valence-corrected chi connectivity index (χ4v) is 2.70. The Morgan fingerprint density at radius 2 is 1.96 bits per heavy atom. The molecule has 2 amide bonds. The van der Waals surface area contributed by atoms with Gasteiger partial charge in [-0.05, 0) is 44.4 Å². The quantitative estimate of drug-likeness (QED) is 0.631. The maximum Gasteiger partial charge on any atom is 0.319 e. The Morgan fingerprint density at radius 1 is 1.15 bits per heavy atom. The van der Waals surface area contributed by atoms with Gasteiger partial charge in [0.2, 0.25) is 0 Å². The van der Waals surface area contributed by atoms with Crippen LogP contribution in [0.15, 0.2) is 54.6 Å². The van der Waals surface area contributed by atoms with Gasteiger partial charge in [0.15, 0.2) is 5.82 Å². The van der Waals surface area contributed by atoms with Gasteiger partial charge in [-0.25, -0.2) is 9.78 Å². The molecule has 1 heterocycles. The fourth-order valence-electron chi connectivity index (χ4n) is 2.70. The Morgan fingerprint density at radius 3 is 2.69 bits per heavy atom. The molecule has 0 fully saturated rings. The molecule has 0 bridgehead atoms. The molecule has 1 unspecified atom stereocenters. The van der Waals surface area contributed by atoms with Gasteiger partial charge >= 0.3 is 6.03 Å². The van der Waals surface area contributed by atoms with Crippen LogP contribution < -0.4 is 10.6 Å². The maximum atomic E-state index is 12.2. The summed E-state index contributed by atoms with van der Waals surface area (Å²) in [6.45, 7) is 3.86. The summed E-state index contributed by atoms with van der Waals surface area (Å²) in [6.07, 6.45) is 1.82. The minimum absolute atomic E-state index is 0.0778. The van der Waals surface area contributed by atoms with Crippen LogP contribution in [0.1, 0.15) is 24.7 Å². The average Bonchev–Trinajstić information content (AvgIpc) is 3.07. The number of nitrogens with zero attached hydrogens (tertiary/aromatic N) is 2. The first kappa shape index (κ1) is 17.7. The number of benzene rings is 2. The third-order valence-corrected chi connectivity index (χ3v) is 4.06. The van der Waals surface area contributed by atoms with Crippen LogP contribution in [0.25, 0.3) is 11.4 Å². The highest BCUT2D eigenvalue weighted by Gasteiger charge is 2.09. The lowest BCUT2D eigenvalue weighted by molar-refractivity contribution is 0.248. The largest absolute Gasteiger partial charge is 0.335 e. The van der Waals surface area contributed by atoms with Crippen molar-refractivity contribution in [3.05, 3.63) is 66.0 Å². The summed E-state index contributed by atoms with van der Waals surface area (Å²) in [6, 6.07) is 17.6. The molecule has 1 aromatic heterocycles. The number of rotatable bonds is 6. The second kappa shape index (κ2) is 8.29. The number of hydrogen-bond donors (Lipinski definition) is 3. The van der Waals surface area contributed by atoms with Crippen molar-refractivity contribution in [3.8, 4) is 11.4 Å². The normalized spacial score (nSPS) is 11.8. The summed E-state index contributed by atoms with van der Waals surface area (Å²) >= 11 is 0. The number of carbonyl (C=O) groups excluding carboxylic acids is 1. The number of urea groups is 1. The van der Waals surface area contributed by atoms with Crippen LogP contribution in [-0.4, -0.2) is 27.3 Å². The van der Waals surface area contributed by atoms with Crippen LogP contribution in [0.2, 0.25) is 0 Å². The first-order valence-corrected chi connectivity index (χ1v) is 8.71. The van der Waals surface area contributed by atoms with Crippen LogP contribution >= 0.6 is 0 Å². The minimum Gasteiger partial charge on any atom is -0.335 e. The second-order valence-corrected chi connectivity index (χ2v) is 6.35. The monoisotopic (exact) mass is 349 g/mol. The van der Waals surface area contributed by atoms with Crippen molar-refractivity contribution in [2.45, 2.75) is 32.7 Å². The molecular formula is C20H23N5O. The van der Waals surface area contributed by atoms with E-state index in [4.69, 9.17) is 0 Å². The van der Waals surface area contributed by atoms with E-state index in [9.17, 15) is 4.79 Å². The highest BCUT2D eigenvalue weighted by atomic mass is 16.2. The Balaban J connectivity index is 1.53. The van der Waals surface area contributed by atoms with E-state index in [0.717, 1.165) is 24.2 Å². The summed E-state index contributed by atoms with van der Waals surface area (Å²) in [4.78, 5) is 16.5. The predicted molar refractivity (Wildman–Crippen MR) is 103 cm³/mol. The minimum atomic E-state index is -0.214. The number of H-pyrrole nitrogens is 1. The zero-order valence-corrected chi connectivity index (χ0v) is 15.0. The van der Waals surface area contributed by atoms with Gasteiger partial charge in [-0.3, -0.25) is 5.10 Å². The Kier molecular flexibility index (Phi) is 5.63. The molecular weight excluding hydrogens is 326 g/mol. The van der Waals surface area contributed by atoms with E-state index in [2.05, 4.69) is 37.9 Å². The molecule has 1 atom stereocenters. The van der Waals surface area contributed by atoms with Crippen LogP contribution in [0.5, 0.6) is 0 Å². The fraction of sp³-hybridized carbons (Fsp3) is 0.250. The van der Waals surface area contributed by atoms with Crippen LogP contribution in [0.3, 0.4) is 0 Å². The molecule has 134 valence electrons. The molecule has 0 radical (unpaired) electrons. The number of aromatic amines is 1. The zero-order valence-electron chi connectivity index (χ0n) is 15.0. The van der Waals surface area contributed by atoms with Crippen molar-refractivity contribution in [1.29, 1.82) is 0 Å². The van der Waals surface area contributed by atoms with Crippen molar-refractivity contribution in [1.82, 2.24) is 20.5 Å². The highest BCUT2D eigenvalue weighted by molar-refractivity contribution is 5.90. The molecule has 6 nitrogen and oxygen atoms in total. The lowest BCUT2D eigenvalue weighted by Gasteiger charge is -2.15. The standard InChI is InChI=1S/C20H23N5O/c1-14(11-12-16-7-4-3-5-8-16)21-20(26)23-18-10-6-9-17(13-18)19-22-15(2)24-25-19/h3-10,13-14H,11-12H2,1-2H3,(H2,21,23,26)(H,22,24,25). The number of aromatic nitrogens is 3. The third-order valence-electron chi connectivity index (χ3n) is 4.06. The van der Waals surface area contributed by atoms with Crippen LogP contribution in [0.4, 0.5) is 10.5 Å². The summed E-state index contributed by atoms with van der Waals surface area (Å²) < 4.78 is 0. The molecule has 0 spiro atoms. The summed E-state index contributed by atoms with van der Waals surface area (Å²) in [7, 11) is 0. The van der Waals surface area contributed by atoms with E-state index in [1.807, 2.05) is 56.3 Å². The number of hydrogen-bond acceptors (Lipinski definition) is 3. The van der Waals surface area contributed by atoms with Gasteiger partial charge in [-0.1, -0.05) is 42.5 Å². The van der Waals surface area contributed by atoms with E-state index in [1.54, 1.807) is 0 Å². The van der Waals surface area contributed by atoms with Gasteiger partial charge in [-0.15, -0.1) is 0 Å². The van der Waals surface area contributed by atoms with E-state index in [-0.39, 0.29) is 12.1 Å². The van der Waals surface area contributed by atoms with Gasteiger partial charge in [0.05, 0.1) is 0 Å². The number of amides is 2. The first-order valence-electron chi connectivity index (χ1n) is 8.71. The lowest BCUT2D eigenvalue weighted by atomic mass is 10.1. The Bertz CT molecular complexity index is 859. The van der Waals surface area contributed by atoms with Crippen molar-refractivity contribution >= 4 is 11.7 Å². The van der Waals surface area contributed by atoms with Crippen LogP contribution in [-0.2, 0) is 6.42 Å². The number of nitrogens with one attached hydrogen (secondary N) is 3. The Labute approximate surface area is 153 Å². The molecule has 0 aliphatic rings. The average molecular weight is 349 g/mol. The third kappa shape index (κ3) is 4.92. The van der Waals surface area contributed by atoms with Crippen LogP contribution in [0, 0.1) is 6.92 Å². The van der Waals surface area contributed by atoms with E-state index < -0.39 is 0 Å². The molecule has 0 saturated heterocycles. The van der Waals surface area contributed by atoms with Gasteiger partial charge in [0.1, 0.15) is 5.82 Å². The molecule has 2 aromatic carbocycles. The molecule has 0 aliphatic heterocycles.